The first-order valence-electron chi connectivity index (χ1n) is 7.82. The molecule has 1 heterocycles. The average molecular weight is 309 g/mol. The van der Waals surface area contributed by atoms with Crippen molar-refractivity contribution in [2.75, 3.05) is 11.5 Å². The van der Waals surface area contributed by atoms with Gasteiger partial charge in [-0.25, -0.2) is 0 Å². The van der Waals surface area contributed by atoms with Crippen molar-refractivity contribution >= 4 is 17.5 Å². The maximum atomic E-state index is 12.6. The summed E-state index contributed by atoms with van der Waals surface area (Å²) in [7, 11) is 0. The second kappa shape index (κ2) is 6.65. The van der Waals surface area contributed by atoms with Crippen LogP contribution in [0.25, 0.3) is 0 Å². The Hall–Kier alpha value is -2.62. The van der Waals surface area contributed by atoms with Crippen molar-refractivity contribution in [2.45, 2.75) is 19.8 Å². The molecule has 0 N–H and O–H groups in total. The van der Waals surface area contributed by atoms with Crippen LogP contribution in [-0.2, 0) is 16.0 Å². The summed E-state index contributed by atoms with van der Waals surface area (Å²) in [5, 5.41) is 0. The number of rotatable bonds is 5. The third kappa shape index (κ3) is 3.26. The fourth-order valence-electron chi connectivity index (χ4n) is 2.88. The lowest BCUT2D eigenvalue weighted by Gasteiger charge is -2.15. The Labute approximate surface area is 135 Å². The summed E-state index contributed by atoms with van der Waals surface area (Å²) >= 11 is 0. The minimum atomic E-state index is -0.281. The smallest absolute Gasteiger partial charge is 0.237 e. The number of ether oxygens (including phenoxy) is 1. The van der Waals surface area contributed by atoms with Crippen molar-refractivity contribution in [3.8, 4) is 5.75 Å². The Morgan fingerprint density at radius 1 is 1.04 bits per heavy atom. The fourth-order valence-corrected chi connectivity index (χ4v) is 2.88. The highest BCUT2D eigenvalue weighted by Crippen LogP contribution is 2.29. The SMILES string of the molecule is CCOc1ccc(N2C(=O)CC(Cc3ccccc3)C2=O)cc1. The molecule has 2 amide bonds. The maximum Gasteiger partial charge on any atom is 0.237 e. The molecule has 0 bridgehead atoms. The zero-order valence-electron chi connectivity index (χ0n) is 13.1. The molecule has 4 heteroatoms. The lowest BCUT2D eigenvalue weighted by atomic mass is 9.98. The number of carbonyl (C=O) groups is 2. The maximum absolute atomic E-state index is 12.6. The van der Waals surface area contributed by atoms with Gasteiger partial charge in [0.25, 0.3) is 0 Å². The van der Waals surface area contributed by atoms with Gasteiger partial charge >= 0.3 is 0 Å². The number of hydrogen-bond donors (Lipinski definition) is 0. The molecule has 1 fully saturated rings. The number of hydrogen-bond acceptors (Lipinski definition) is 3. The van der Waals surface area contributed by atoms with Crippen LogP contribution in [-0.4, -0.2) is 18.4 Å². The van der Waals surface area contributed by atoms with Gasteiger partial charge in [0, 0.05) is 6.42 Å². The zero-order chi connectivity index (χ0) is 16.2. The standard InChI is InChI=1S/C19H19NO3/c1-2-23-17-10-8-16(9-11-17)20-18(21)13-15(19(20)22)12-14-6-4-3-5-7-14/h3-11,15H,2,12-13H2,1H3. The molecule has 1 aliphatic rings. The van der Waals surface area contributed by atoms with E-state index in [1.165, 1.54) is 4.90 Å². The van der Waals surface area contributed by atoms with Crippen molar-refractivity contribution in [1.29, 1.82) is 0 Å². The molecular weight excluding hydrogens is 290 g/mol. The van der Waals surface area contributed by atoms with Crippen LogP contribution in [0.4, 0.5) is 5.69 Å². The van der Waals surface area contributed by atoms with Crippen molar-refractivity contribution in [1.82, 2.24) is 0 Å². The Morgan fingerprint density at radius 2 is 1.74 bits per heavy atom. The normalized spacial score (nSPS) is 17.6. The Balaban J connectivity index is 1.76. The van der Waals surface area contributed by atoms with E-state index in [1.54, 1.807) is 24.3 Å². The van der Waals surface area contributed by atoms with E-state index in [1.807, 2.05) is 37.3 Å². The average Bonchev–Trinajstić information content (AvgIpc) is 2.84. The fraction of sp³-hybridized carbons (Fsp3) is 0.263. The summed E-state index contributed by atoms with van der Waals surface area (Å²) in [6.07, 6.45) is 0.861. The second-order valence-electron chi connectivity index (χ2n) is 5.59. The Morgan fingerprint density at radius 3 is 2.39 bits per heavy atom. The van der Waals surface area contributed by atoms with Gasteiger partial charge in [-0.05, 0) is 43.2 Å². The quantitative estimate of drug-likeness (QED) is 0.797. The van der Waals surface area contributed by atoms with Crippen molar-refractivity contribution in [2.24, 2.45) is 5.92 Å². The van der Waals surface area contributed by atoms with Crippen LogP contribution in [0.15, 0.2) is 54.6 Å². The first kappa shape index (κ1) is 15.3. The first-order valence-corrected chi connectivity index (χ1v) is 7.82. The highest BCUT2D eigenvalue weighted by atomic mass is 16.5. The first-order chi connectivity index (χ1) is 11.2. The molecule has 1 aliphatic heterocycles. The van der Waals surface area contributed by atoms with Gasteiger partial charge in [-0.3, -0.25) is 14.5 Å². The minimum absolute atomic E-state index is 0.122. The molecule has 1 unspecified atom stereocenters. The van der Waals surface area contributed by atoms with Crippen LogP contribution in [0.5, 0.6) is 5.75 Å². The molecule has 0 aliphatic carbocycles. The molecule has 0 saturated carbocycles. The molecule has 0 spiro atoms. The summed E-state index contributed by atoms with van der Waals surface area (Å²) in [5.74, 6) is 0.191. The number of anilines is 1. The lowest BCUT2D eigenvalue weighted by molar-refractivity contribution is -0.122. The highest BCUT2D eigenvalue weighted by molar-refractivity contribution is 6.21. The van der Waals surface area contributed by atoms with Crippen LogP contribution in [0.2, 0.25) is 0 Å². The lowest BCUT2D eigenvalue weighted by Crippen LogP contribution is -2.30. The van der Waals surface area contributed by atoms with E-state index in [0.29, 0.717) is 18.7 Å². The van der Waals surface area contributed by atoms with E-state index in [9.17, 15) is 9.59 Å². The highest BCUT2D eigenvalue weighted by Gasteiger charge is 2.39. The predicted octanol–water partition coefficient (Wildman–Crippen LogP) is 3.21. The molecule has 1 atom stereocenters. The molecule has 3 rings (SSSR count). The summed E-state index contributed by atoms with van der Waals surface area (Å²) < 4.78 is 5.39. The minimum Gasteiger partial charge on any atom is -0.494 e. The van der Waals surface area contributed by atoms with Gasteiger partial charge in [0.1, 0.15) is 5.75 Å². The number of imide groups is 1. The molecule has 2 aromatic carbocycles. The molecule has 4 nitrogen and oxygen atoms in total. The van der Waals surface area contributed by atoms with E-state index in [4.69, 9.17) is 4.74 Å². The molecule has 0 radical (unpaired) electrons. The Kier molecular flexibility index (Phi) is 4.42. The number of amides is 2. The van der Waals surface area contributed by atoms with Crippen LogP contribution >= 0.6 is 0 Å². The van der Waals surface area contributed by atoms with Crippen molar-refractivity contribution in [3.63, 3.8) is 0 Å². The number of carbonyl (C=O) groups excluding carboxylic acids is 2. The number of benzene rings is 2. The van der Waals surface area contributed by atoms with Gasteiger partial charge in [-0.2, -0.15) is 0 Å². The third-order valence-electron chi connectivity index (χ3n) is 3.97. The van der Waals surface area contributed by atoms with E-state index in [2.05, 4.69) is 0 Å². The van der Waals surface area contributed by atoms with Crippen LogP contribution in [0.3, 0.4) is 0 Å². The van der Waals surface area contributed by atoms with Gasteiger partial charge in [0.05, 0.1) is 18.2 Å². The van der Waals surface area contributed by atoms with Crippen LogP contribution in [0, 0.1) is 5.92 Å². The van der Waals surface area contributed by atoms with Crippen LogP contribution in [0.1, 0.15) is 18.9 Å². The largest absolute Gasteiger partial charge is 0.494 e. The van der Waals surface area contributed by atoms with Gasteiger partial charge in [-0.15, -0.1) is 0 Å². The van der Waals surface area contributed by atoms with E-state index < -0.39 is 0 Å². The third-order valence-corrected chi connectivity index (χ3v) is 3.97. The number of nitrogens with zero attached hydrogens (tertiary/aromatic N) is 1. The zero-order valence-corrected chi connectivity index (χ0v) is 13.1. The van der Waals surface area contributed by atoms with Crippen molar-refractivity contribution in [3.05, 3.63) is 60.2 Å². The summed E-state index contributed by atoms with van der Waals surface area (Å²) in [5.41, 5.74) is 1.69. The van der Waals surface area contributed by atoms with Gasteiger partial charge in [0.15, 0.2) is 0 Å². The summed E-state index contributed by atoms with van der Waals surface area (Å²) in [6, 6.07) is 16.9. The van der Waals surface area contributed by atoms with Gasteiger partial charge in [0.2, 0.25) is 11.8 Å². The Bertz CT molecular complexity index is 694. The van der Waals surface area contributed by atoms with Gasteiger partial charge in [-0.1, -0.05) is 30.3 Å². The second-order valence-corrected chi connectivity index (χ2v) is 5.59. The topological polar surface area (TPSA) is 46.6 Å². The molecule has 2 aromatic rings. The summed E-state index contributed by atoms with van der Waals surface area (Å²) in [6.45, 7) is 2.50. The van der Waals surface area contributed by atoms with E-state index in [0.717, 1.165) is 11.3 Å². The predicted molar refractivity (Wildman–Crippen MR) is 88.4 cm³/mol. The molecule has 1 saturated heterocycles. The molecular formula is C19H19NO3. The van der Waals surface area contributed by atoms with E-state index >= 15 is 0 Å². The van der Waals surface area contributed by atoms with Gasteiger partial charge < -0.3 is 4.74 Å². The molecule has 0 aromatic heterocycles. The molecule has 118 valence electrons. The summed E-state index contributed by atoms with van der Waals surface area (Å²) in [4.78, 5) is 26.2. The van der Waals surface area contributed by atoms with E-state index in [-0.39, 0.29) is 24.2 Å². The molecule has 23 heavy (non-hydrogen) atoms. The van der Waals surface area contributed by atoms with Crippen molar-refractivity contribution < 1.29 is 14.3 Å². The monoisotopic (exact) mass is 309 g/mol. The van der Waals surface area contributed by atoms with Crippen LogP contribution < -0.4 is 9.64 Å².